The number of esters is 1. The highest BCUT2D eigenvalue weighted by atomic mass is 16.5. The Bertz CT molecular complexity index is 258. The fourth-order valence-corrected chi connectivity index (χ4v) is 0.517. The molecule has 0 atom stereocenters. The van der Waals surface area contributed by atoms with Crippen LogP contribution in [0.15, 0.2) is 12.2 Å². The highest BCUT2D eigenvalue weighted by Gasteiger charge is 1.87. The van der Waals surface area contributed by atoms with Gasteiger partial charge in [-0.2, -0.15) is 0 Å². The average Bonchev–Trinajstić information content (AvgIpc) is 2.10. The number of terminal acetylenes is 1. The zero-order valence-electron chi connectivity index (χ0n) is 6.96. The van der Waals surface area contributed by atoms with E-state index in [2.05, 4.69) is 22.5 Å². The molecule has 0 N–H and O–H groups in total. The first-order valence-corrected chi connectivity index (χ1v) is 3.49. The second-order valence-corrected chi connectivity index (χ2v) is 1.91. The van der Waals surface area contributed by atoms with Crippen LogP contribution in [0.1, 0.15) is 12.8 Å². The van der Waals surface area contributed by atoms with Crippen molar-refractivity contribution in [2.75, 3.05) is 7.11 Å². The topological polar surface area (TPSA) is 26.3 Å². The number of methoxy groups -OCH3 is 1. The van der Waals surface area contributed by atoms with Gasteiger partial charge in [-0.1, -0.05) is 12.0 Å². The molecule has 0 saturated carbocycles. The van der Waals surface area contributed by atoms with Gasteiger partial charge in [0.2, 0.25) is 0 Å². The van der Waals surface area contributed by atoms with Crippen molar-refractivity contribution < 1.29 is 9.53 Å². The normalized spacial score (nSPS) is 8.33. The third kappa shape index (κ3) is 6.45. The van der Waals surface area contributed by atoms with Crippen molar-refractivity contribution in [1.82, 2.24) is 0 Å². The highest BCUT2D eigenvalue weighted by Crippen LogP contribution is 1.89. The first-order chi connectivity index (χ1) is 5.81. The molecule has 0 aliphatic carbocycles. The van der Waals surface area contributed by atoms with Gasteiger partial charge in [0.1, 0.15) is 0 Å². The molecule has 2 heteroatoms. The Morgan fingerprint density at radius 3 is 3.00 bits per heavy atom. The van der Waals surface area contributed by atoms with Gasteiger partial charge in [-0.05, 0) is 18.3 Å². The van der Waals surface area contributed by atoms with Gasteiger partial charge in [0.25, 0.3) is 0 Å². The summed E-state index contributed by atoms with van der Waals surface area (Å²) in [6.45, 7) is 0. The molecule has 0 bridgehead atoms. The van der Waals surface area contributed by atoms with E-state index in [0.29, 0.717) is 12.8 Å². The van der Waals surface area contributed by atoms with E-state index in [1.165, 1.54) is 13.2 Å². The molecule has 0 rings (SSSR count). The molecule has 0 unspecified atom stereocenters. The Labute approximate surface area is 72.6 Å². The van der Waals surface area contributed by atoms with E-state index in [1.807, 2.05) is 0 Å². The number of hydrogen-bond donors (Lipinski definition) is 0. The Kier molecular flexibility index (Phi) is 6.40. The van der Waals surface area contributed by atoms with E-state index >= 15 is 0 Å². The summed E-state index contributed by atoms with van der Waals surface area (Å²) in [6, 6.07) is 0. The van der Waals surface area contributed by atoms with Crippen molar-refractivity contribution in [3.8, 4) is 24.2 Å². The van der Waals surface area contributed by atoms with Gasteiger partial charge in [-0.15, -0.1) is 6.42 Å². The zero-order chi connectivity index (χ0) is 9.23. The quantitative estimate of drug-likeness (QED) is 0.269. The van der Waals surface area contributed by atoms with Crippen LogP contribution in [-0.4, -0.2) is 13.1 Å². The van der Waals surface area contributed by atoms with E-state index in [0.717, 1.165) is 0 Å². The second-order valence-electron chi connectivity index (χ2n) is 1.91. The van der Waals surface area contributed by atoms with E-state index < -0.39 is 0 Å². The largest absolute Gasteiger partial charge is 0.466 e. The summed E-state index contributed by atoms with van der Waals surface area (Å²) >= 11 is 0. The summed E-state index contributed by atoms with van der Waals surface area (Å²) in [6.07, 6.45) is 9.35. The summed E-state index contributed by atoms with van der Waals surface area (Å²) in [5.74, 6) is 7.07. The Morgan fingerprint density at radius 2 is 2.42 bits per heavy atom. The van der Waals surface area contributed by atoms with Gasteiger partial charge in [-0.25, -0.2) is 4.79 Å². The minimum atomic E-state index is -0.347. The van der Waals surface area contributed by atoms with E-state index in [1.54, 1.807) is 6.08 Å². The molecule has 0 aliphatic heterocycles. The second kappa shape index (κ2) is 7.44. The smallest absolute Gasteiger partial charge is 0.330 e. The molecule has 0 aromatic heterocycles. The van der Waals surface area contributed by atoms with Gasteiger partial charge < -0.3 is 4.74 Å². The maximum Gasteiger partial charge on any atom is 0.330 e. The Morgan fingerprint density at radius 1 is 1.67 bits per heavy atom. The molecule has 0 aromatic rings. The van der Waals surface area contributed by atoms with Crippen molar-refractivity contribution in [2.45, 2.75) is 12.8 Å². The number of hydrogen-bond acceptors (Lipinski definition) is 2. The van der Waals surface area contributed by atoms with Crippen molar-refractivity contribution in [3.05, 3.63) is 12.2 Å². The molecule has 12 heavy (non-hydrogen) atoms. The molecular formula is C10H10O2. The molecule has 0 radical (unpaired) electrons. The number of allylic oxidation sites excluding steroid dienone is 1. The predicted molar refractivity (Wildman–Crippen MR) is 47.0 cm³/mol. The number of carbonyl (C=O) groups excluding carboxylic acids is 1. The lowest BCUT2D eigenvalue weighted by Crippen LogP contribution is -1.93. The van der Waals surface area contributed by atoms with Crippen LogP contribution in [0.25, 0.3) is 0 Å². The molecule has 0 aliphatic rings. The third-order valence-electron chi connectivity index (χ3n) is 1.05. The maximum atomic E-state index is 10.5. The van der Waals surface area contributed by atoms with Crippen LogP contribution in [0.5, 0.6) is 0 Å². The first kappa shape index (κ1) is 10.3. The molecular weight excluding hydrogens is 152 g/mol. The molecule has 0 aromatic carbocycles. The molecule has 0 spiro atoms. The zero-order valence-corrected chi connectivity index (χ0v) is 6.96. The molecule has 62 valence electrons. The van der Waals surface area contributed by atoms with Gasteiger partial charge >= 0.3 is 5.97 Å². The SMILES string of the molecule is C#CC#CCC/C=C/C(=O)OC. The highest BCUT2D eigenvalue weighted by molar-refractivity contribution is 5.81. The number of carbonyl (C=O) groups is 1. The van der Waals surface area contributed by atoms with Crippen LogP contribution >= 0.6 is 0 Å². The van der Waals surface area contributed by atoms with Crippen LogP contribution in [0.2, 0.25) is 0 Å². The molecule has 0 amide bonds. The lowest BCUT2D eigenvalue weighted by Gasteiger charge is -1.87. The molecule has 2 nitrogen and oxygen atoms in total. The summed E-state index contributed by atoms with van der Waals surface area (Å²) in [4.78, 5) is 10.5. The predicted octanol–water partition coefficient (Wildman–Crippen LogP) is 1.13. The van der Waals surface area contributed by atoms with Crippen molar-refractivity contribution >= 4 is 5.97 Å². The monoisotopic (exact) mass is 162 g/mol. The fraction of sp³-hybridized carbons (Fsp3) is 0.300. The fourth-order valence-electron chi connectivity index (χ4n) is 0.517. The van der Waals surface area contributed by atoms with Gasteiger partial charge in [0, 0.05) is 12.5 Å². The van der Waals surface area contributed by atoms with Crippen LogP contribution in [0, 0.1) is 24.2 Å². The van der Waals surface area contributed by atoms with Crippen LogP contribution in [-0.2, 0) is 9.53 Å². The number of rotatable bonds is 3. The minimum Gasteiger partial charge on any atom is -0.466 e. The van der Waals surface area contributed by atoms with Crippen molar-refractivity contribution in [3.63, 3.8) is 0 Å². The van der Waals surface area contributed by atoms with E-state index in [9.17, 15) is 4.79 Å². The van der Waals surface area contributed by atoms with Crippen LogP contribution < -0.4 is 0 Å². The summed E-state index contributed by atoms with van der Waals surface area (Å²) in [5, 5.41) is 0. The van der Waals surface area contributed by atoms with Crippen molar-refractivity contribution in [2.24, 2.45) is 0 Å². The number of ether oxygens (including phenoxy) is 1. The lowest BCUT2D eigenvalue weighted by atomic mass is 10.3. The van der Waals surface area contributed by atoms with E-state index in [4.69, 9.17) is 6.42 Å². The van der Waals surface area contributed by atoms with Gasteiger partial charge in [-0.3, -0.25) is 0 Å². The summed E-state index contributed by atoms with van der Waals surface area (Å²) < 4.78 is 4.38. The third-order valence-corrected chi connectivity index (χ3v) is 1.05. The van der Waals surface area contributed by atoms with Gasteiger partial charge in [0.15, 0.2) is 0 Å². The Balaban J connectivity index is 3.51. The van der Waals surface area contributed by atoms with Crippen LogP contribution in [0.4, 0.5) is 0 Å². The standard InChI is InChI=1S/C10H10O2/c1-3-4-5-6-7-8-9-10(11)12-2/h1,8-9H,6-7H2,2H3/b9-8+. The maximum absolute atomic E-state index is 10.5. The van der Waals surface area contributed by atoms with Crippen LogP contribution in [0.3, 0.4) is 0 Å². The molecule has 0 heterocycles. The average molecular weight is 162 g/mol. The lowest BCUT2D eigenvalue weighted by molar-refractivity contribution is -0.134. The Hall–Kier alpha value is -1.67. The molecule has 0 saturated heterocycles. The first-order valence-electron chi connectivity index (χ1n) is 3.49. The minimum absolute atomic E-state index is 0.347. The molecule has 0 fully saturated rings. The van der Waals surface area contributed by atoms with E-state index in [-0.39, 0.29) is 5.97 Å². The number of unbranched alkanes of at least 4 members (excludes halogenated alkanes) is 1. The summed E-state index contributed by atoms with van der Waals surface area (Å²) in [5.41, 5.74) is 0. The van der Waals surface area contributed by atoms with Crippen molar-refractivity contribution in [1.29, 1.82) is 0 Å². The van der Waals surface area contributed by atoms with Gasteiger partial charge in [0.05, 0.1) is 7.11 Å². The summed E-state index contributed by atoms with van der Waals surface area (Å²) in [7, 11) is 1.34.